The summed E-state index contributed by atoms with van der Waals surface area (Å²) in [5, 5.41) is 2.84. The maximum atomic E-state index is 12.4. The summed E-state index contributed by atoms with van der Waals surface area (Å²) in [5.74, 6) is 1.26. The second-order valence-corrected chi connectivity index (χ2v) is 6.18. The Hall–Kier alpha value is -2.63. The summed E-state index contributed by atoms with van der Waals surface area (Å²) >= 11 is 0. The number of aromatic nitrogens is 2. The molecule has 0 bridgehead atoms. The molecule has 2 rings (SSSR count). The van der Waals surface area contributed by atoms with Gasteiger partial charge >= 0.3 is 0 Å². The lowest BCUT2D eigenvalue weighted by molar-refractivity contribution is 0.102. The summed E-state index contributed by atoms with van der Waals surface area (Å²) in [7, 11) is 1.97. The van der Waals surface area contributed by atoms with Gasteiger partial charge in [-0.25, -0.2) is 9.97 Å². The number of nitrogens with one attached hydrogen (secondary N) is 1. The van der Waals surface area contributed by atoms with E-state index in [1.54, 1.807) is 6.07 Å². The van der Waals surface area contributed by atoms with Crippen molar-refractivity contribution in [1.29, 1.82) is 0 Å². The first-order chi connectivity index (χ1) is 12.0. The van der Waals surface area contributed by atoms with Crippen LogP contribution in [0.1, 0.15) is 44.1 Å². The maximum Gasteiger partial charge on any atom is 0.274 e. The molecule has 0 atom stereocenters. The van der Waals surface area contributed by atoms with Gasteiger partial charge in [-0.15, -0.1) is 0 Å². The number of rotatable bonds is 8. The molecule has 1 heterocycles. The molecule has 1 N–H and O–H groups in total. The molecule has 0 unspecified atom stereocenters. The second-order valence-electron chi connectivity index (χ2n) is 6.18. The zero-order chi connectivity index (χ0) is 18.2. The van der Waals surface area contributed by atoms with Gasteiger partial charge < -0.3 is 15.0 Å². The number of benzene rings is 1. The highest BCUT2D eigenvalue weighted by molar-refractivity contribution is 6.03. The molecule has 0 saturated carbocycles. The van der Waals surface area contributed by atoms with Crippen LogP contribution in [0.4, 0.5) is 11.5 Å². The summed E-state index contributed by atoms with van der Waals surface area (Å²) in [5.41, 5.74) is 1.04. The predicted octanol–water partition coefficient (Wildman–Crippen LogP) is 3.75. The lowest BCUT2D eigenvalue weighted by Gasteiger charge is -2.17. The molecule has 0 fully saturated rings. The van der Waals surface area contributed by atoms with Gasteiger partial charge in [-0.3, -0.25) is 4.79 Å². The first-order valence-electron chi connectivity index (χ1n) is 8.61. The number of amides is 1. The quantitative estimate of drug-likeness (QED) is 0.791. The van der Waals surface area contributed by atoms with Gasteiger partial charge in [-0.1, -0.05) is 13.3 Å². The van der Waals surface area contributed by atoms with Crippen LogP contribution < -0.4 is 15.0 Å². The minimum Gasteiger partial charge on any atom is -0.491 e. The van der Waals surface area contributed by atoms with Gasteiger partial charge in [0.2, 0.25) is 0 Å². The SMILES string of the molecule is CCCCN(C)c1cc(C(=O)Nc2ccc(OC(C)C)cc2)ncn1. The van der Waals surface area contributed by atoms with Crippen molar-refractivity contribution in [2.75, 3.05) is 23.8 Å². The average Bonchev–Trinajstić information content (AvgIpc) is 2.61. The summed E-state index contributed by atoms with van der Waals surface area (Å²) in [6, 6.07) is 9.00. The van der Waals surface area contributed by atoms with Crippen LogP contribution in [0, 0.1) is 0 Å². The molecular formula is C19H26N4O2. The fourth-order valence-electron chi connectivity index (χ4n) is 2.27. The standard InChI is InChI=1S/C19H26N4O2/c1-5-6-11-23(4)18-12-17(20-13-21-18)19(24)22-15-7-9-16(10-8-15)25-14(2)3/h7-10,12-14H,5-6,11H2,1-4H3,(H,22,24). The molecule has 1 aromatic carbocycles. The summed E-state index contributed by atoms with van der Waals surface area (Å²) in [6.45, 7) is 6.98. The van der Waals surface area contributed by atoms with Crippen LogP contribution >= 0.6 is 0 Å². The number of carbonyl (C=O) groups is 1. The van der Waals surface area contributed by atoms with E-state index in [4.69, 9.17) is 4.74 Å². The van der Waals surface area contributed by atoms with E-state index >= 15 is 0 Å². The molecule has 1 aromatic heterocycles. The smallest absolute Gasteiger partial charge is 0.274 e. The minimum atomic E-state index is -0.259. The topological polar surface area (TPSA) is 67.4 Å². The van der Waals surface area contributed by atoms with Crippen LogP contribution in [0.25, 0.3) is 0 Å². The van der Waals surface area contributed by atoms with Crippen molar-refractivity contribution in [2.45, 2.75) is 39.7 Å². The Labute approximate surface area is 149 Å². The Morgan fingerprint density at radius 2 is 1.96 bits per heavy atom. The lowest BCUT2D eigenvalue weighted by Crippen LogP contribution is -2.21. The van der Waals surface area contributed by atoms with Crippen molar-refractivity contribution < 1.29 is 9.53 Å². The van der Waals surface area contributed by atoms with Crippen LogP contribution in [0.5, 0.6) is 5.75 Å². The van der Waals surface area contributed by atoms with Gasteiger partial charge in [0.1, 0.15) is 23.6 Å². The third-order valence-corrected chi connectivity index (χ3v) is 3.61. The summed E-state index contributed by atoms with van der Waals surface area (Å²) < 4.78 is 5.59. The van der Waals surface area contributed by atoms with Crippen molar-refractivity contribution in [3.05, 3.63) is 42.4 Å². The largest absolute Gasteiger partial charge is 0.491 e. The molecule has 2 aromatic rings. The molecule has 1 amide bonds. The number of hydrogen-bond acceptors (Lipinski definition) is 5. The lowest BCUT2D eigenvalue weighted by atomic mass is 10.2. The fraction of sp³-hybridized carbons (Fsp3) is 0.421. The van der Waals surface area contributed by atoms with E-state index in [1.165, 1.54) is 6.33 Å². The van der Waals surface area contributed by atoms with Gasteiger partial charge in [0, 0.05) is 25.3 Å². The van der Waals surface area contributed by atoms with Crippen LogP contribution in [0.15, 0.2) is 36.7 Å². The molecule has 134 valence electrons. The Morgan fingerprint density at radius 3 is 2.60 bits per heavy atom. The van der Waals surface area contributed by atoms with Crippen LogP contribution in [0.2, 0.25) is 0 Å². The van der Waals surface area contributed by atoms with Crippen molar-refractivity contribution in [3.8, 4) is 5.75 Å². The van der Waals surface area contributed by atoms with Gasteiger partial charge in [0.15, 0.2) is 0 Å². The van der Waals surface area contributed by atoms with Crippen molar-refractivity contribution in [3.63, 3.8) is 0 Å². The van der Waals surface area contributed by atoms with Crippen molar-refractivity contribution in [2.24, 2.45) is 0 Å². The van der Waals surface area contributed by atoms with Gasteiger partial charge in [0.05, 0.1) is 6.10 Å². The number of hydrogen-bond donors (Lipinski definition) is 1. The Balaban J connectivity index is 2.03. The zero-order valence-corrected chi connectivity index (χ0v) is 15.3. The molecule has 25 heavy (non-hydrogen) atoms. The molecule has 0 aliphatic carbocycles. The zero-order valence-electron chi connectivity index (χ0n) is 15.3. The van der Waals surface area contributed by atoms with Crippen LogP contribution in [0.3, 0.4) is 0 Å². The highest BCUT2D eigenvalue weighted by atomic mass is 16.5. The fourth-order valence-corrected chi connectivity index (χ4v) is 2.27. The third-order valence-electron chi connectivity index (χ3n) is 3.61. The predicted molar refractivity (Wildman–Crippen MR) is 100 cm³/mol. The summed E-state index contributed by atoms with van der Waals surface area (Å²) in [4.78, 5) is 22.8. The monoisotopic (exact) mass is 342 g/mol. The molecule has 0 saturated heterocycles. The van der Waals surface area contributed by atoms with Crippen LogP contribution in [-0.2, 0) is 0 Å². The number of unbranched alkanes of at least 4 members (excludes halogenated alkanes) is 1. The minimum absolute atomic E-state index is 0.115. The second kappa shape index (κ2) is 9.01. The van der Waals surface area contributed by atoms with E-state index in [0.717, 1.165) is 31.0 Å². The van der Waals surface area contributed by atoms with E-state index in [0.29, 0.717) is 11.4 Å². The Kier molecular flexibility index (Phi) is 6.74. The average molecular weight is 342 g/mol. The van der Waals surface area contributed by atoms with E-state index in [-0.39, 0.29) is 12.0 Å². The maximum absolute atomic E-state index is 12.4. The van der Waals surface area contributed by atoms with Gasteiger partial charge in [-0.2, -0.15) is 0 Å². The molecule has 0 aliphatic heterocycles. The van der Waals surface area contributed by atoms with Gasteiger partial charge in [0.25, 0.3) is 5.91 Å². The molecule has 6 heteroatoms. The van der Waals surface area contributed by atoms with Crippen LogP contribution in [-0.4, -0.2) is 35.6 Å². The highest BCUT2D eigenvalue weighted by Gasteiger charge is 2.11. The first kappa shape index (κ1) is 18.7. The number of nitrogens with zero attached hydrogens (tertiary/aromatic N) is 3. The van der Waals surface area contributed by atoms with E-state index in [1.807, 2.05) is 50.1 Å². The Bertz CT molecular complexity index is 686. The molecule has 0 aliphatic rings. The third kappa shape index (κ3) is 5.74. The first-order valence-corrected chi connectivity index (χ1v) is 8.61. The number of carbonyl (C=O) groups excluding carboxylic acids is 1. The van der Waals surface area contributed by atoms with E-state index in [2.05, 4.69) is 22.2 Å². The molecular weight excluding hydrogens is 316 g/mol. The van der Waals surface area contributed by atoms with Crippen molar-refractivity contribution in [1.82, 2.24) is 9.97 Å². The summed E-state index contributed by atoms with van der Waals surface area (Å²) in [6.07, 6.45) is 3.72. The molecule has 6 nitrogen and oxygen atoms in total. The number of anilines is 2. The molecule has 0 spiro atoms. The number of ether oxygens (including phenoxy) is 1. The normalized spacial score (nSPS) is 10.6. The van der Waals surface area contributed by atoms with E-state index < -0.39 is 0 Å². The molecule has 0 radical (unpaired) electrons. The van der Waals surface area contributed by atoms with Crippen molar-refractivity contribution >= 4 is 17.4 Å². The highest BCUT2D eigenvalue weighted by Crippen LogP contribution is 2.18. The Morgan fingerprint density at radius 1 is 1.24 bits per heavy atom. The van der Waals surface area contributed by atoms with Gasteiger partial charge in [-0.05, 0) is 44.5 Å². The van der Waals surface area contributed by atoms with E-state index in [9.17, 15) is 4.79 Å².